The molecule has 0 bridgehead atoms. The molecule has 1 saturated heterocycles. The maximum atomic E-state index is 14.6. The Morgan fingerprint density at radius 2 is 1.64 bits per heavy atom. The lowest BCUT2D eigenvalue weighted by molar-refractivity contribution is -0.132. The number of anilines is 1. The number of halogens is 1. The van der Waals surface area contributed by atoms with Gasteiger partial charge in [0.1, 0.15) is 23.1 Å². The van der Waals surface area contributed by atoms with E-state index in [1.54, 1.807) is 31.2 Å². The van der Waals surface area contributed by atoms with Crippen molar-refractivity contribution in [3.63, 3.8) is 0 Å². The lowest BCUT2D eigenvalue weighted by Gasteiger charge is -2.23. The number of Topliss-reactive ketones (excluding diaryl/α,β-unsaturated/α-hetero) is 1. The van der Waals surface area contributed by atoms with Crippen LogP contribution in [-0.2, 0) is 15.3 Å². The topological polar surface area (TPSA) is 92.6 Å². The molecule has 10 heteroatoms. The van der Waals surface area contributed by atoms with E-state index >= 15 is 0 Å². The van der Waals surface area contributed by atoms with Crippen molar-refractivity contribution in [2.24, 2.45) is 0 Å². The molecule has 7 rings (SSSR count). The van der Waals surface area contributed by atoms with Crippen LogP contribution in [0.3, 0.4) is 0 Å². The second-order valence-corrected chi connectivity index (χ2v) is 13.1. The van der Waals surface area contributed by atoms with Crippen molar-refractivity contribution in [1.82, 2.24) is 10.2 Å². The van der Waals surface area contributed by atoms with Gasteiger partial charge in [-0.1, -0.05) is 108 Å². The first-order chi connectivity index (χ1) is 22.9. The van der Waals surface area contributed by atoms with Gasteiger partial charge in [0.2, 0.25) is 5.13 Å². The molecule has 1 atom stereocenters. The molecular weight excluding hydrogens is 634 g/mol. The van der Waals surface area contributed by atoms with Crippen molar-refractivity contribution in [3.8, 4) is 11.5 Å². The number of aromatic nitrogens is 2. The molecule has 1 aliphatic rings. The number of fused-ring (bicyclic) bond motifs is 1. The minimum absolute atomic E-state index is 0.0800. The number of hydrogen-bond acceptors (Lipinski definition) is 8. The Labute approximate surface area is 278 Å². The van der Waals surface area contributed by atoms with Crippen LogP contribution in [0.15, 0.2) is 125 Å². The number of carbonyl (C=O) groups excluding carboxylic acids is 2. The molecule has 0 aliphatic carbocycles. The summed E-state index contributed by atoms with van der Waals surface area (Å²) in [6, 6.07) is 33.5. The molecule has 6 aromatic rings. The molecule has 1 unspecified atom stereocenters. The fraction of sp³-hybridized carbons (Fsp3) is 0.0811. The summed E-state index contributed by atoms with van der Waals surface area (Å²) in [5.74, 6) is -1.14. The van der Waals surface area contributed by atoms with E-state index in [0.717, 1.165) is 22.4 Å². The zero-order valence-corrected chi connectivity index (χ0v) is 26.6. The number of ketones is 1. The molecule has 1 amide bonds. The number of carbonyl (C=O) groups is 2. The average molecular weight is 660 g/mol. The first-order valence-electron chi connectivity index (χ1n) is 14.7. The van der Waals surface area contributed by atoms with Gasteiger partial charge in [0.25, 0.3) is 5.78 Å². The molecule has 1 aliphatic heterocycles. The number of amides is 1. The van der Waals surface area contributed by atoms with E-state index in [1.807, 2.05) is 48.5 Å². The van der Waals surface area contributed by atoms with Gasteiger partial charge in [-0.2, -0.15) is 0 Å². The van der Waals surface area contributed by atoms with Crippen molar-refractivity contribution in [1.29, 1.82) is 0 Å². The molecule has 232 valence electrons. The van der Waals surface area contributed by atoms with Gasteiger partial charge in [-0.3, -0.25) is 14.5 Å². The van der Waals surface area contributed by atoms with Gasteiger partial charge in [-0.15, -0.1) is 10.2 Å². The quantitative estimate of drug-likeness (QED) is 0.0574. The zero-order chi connectivity index (χ0) is 32.5. The van der Waals surface area contributed by atoms with Crippen LogP contribution >= 0.6 is 23.1 Å². The van der Waals surface area contributed by atoms with Gasteiger partial charge >= 0.3 is 5.91 Å². The van der Waals surface area contributed by atoms with Gasteiger partial charge in [0.05, 0.1) is 11.6 Å². The summed E-state index contributed by atoms with van der Waals surface area (Å²) in [6.07, 6.45) is 0. The van der Waals surface area contributed by atoms with Gasteiger partial charge in [0.15, 0.2) is 4.34 Å². The van der Waals surface area contributed by atoms with E-state index in [0.29, 0.717) is 32.7 Å². The molecule has 0 spiro atoms. The number of benzene rings is 5. The van der Waals surface area contributed by atoms with Crippen LogP contribution in [0.1, 0.15) is 28.3 Å². The van der Waals surface area contributed by atoms with E-state index in [4.69, 9.17) is 4.74 Å². The first-order valence-corrected chi connectivity index (χ1v) is 16.5. The predicted octanol–water partition coefficient (Wildman–Crippen LogP) is 8.85. The highest BCUT2D eigenvalue weighted by Crippen LogP contribution is 2.45. The molecule has 1 aromatic heterocycles. The van der Waals surface area contributed by atoms with Crippen LogP contribution in [0.4, 0.5) is 9.52 Å². The Hall–Kier alpha value is -5.32. The number of hydrogen-bond donors (Lipinski definition) is 1. The number of aryl methyl sites for hydroxylation is 1. The first kappa shape index (κ1) is 30.3. The van der Waals surface area contributed by atoms with Crippen LogP contribution in [0.5, 0.6) is 11.5 Å². The minimum atomic E-state index is -1.08. The van der Waals surface area contributed by atoms with Crippen LogP contribution in [-0.4, -0.2) is 27.0 Å². The summed E-state index contributed by atoms with van der Waals surface area (Å²) in [7, 11) is 0. The molecule has 47 heavy (non-hydrogen) atoms. The Balaban J connectivity index is 1.27. The molecule has 5 aromatic carbocycles. The van der Waals surface area contributed by atoms with Crippen molar-refractivity contribution < 1.29 is 23.8 Å². The Bertz CT molecular complexity index is 2180. The molecule has 0 saturated carbocycles. The van der Waals surface area contributed by atoms with Crippen molar-refractivity contribution in [3.05, 3.63) is 149 Å². The van der Waals surface area contributed by atoms with Crippen molar-refractivity contribution >= 4 is 56.5 Å². The highest BCUT2D eigenvalue weighted by Gasteiger charge is 2.48. The molecule has 1 N–H and O–H groups in total. The maximum Gasteiger partial charge on any atom is 0.301 e. The highest BCUT2D eigenvalue weighted by molar-refractivity contribution is 8.00. The number of rotatable bonds is 8. The van der Waals surface area contributed by atoms with Crippen LogP contribution in [0.25, 0.3) is 16.5 Å². The lowest BCUT2D eigenvalue weighted by atomic mass is 9.95. The SMILES string of the molecule is Cc1ccc(/C(O)=C2/C(=O)C(=O)N(c3nnc(SCc4cccc5ccccc45)s3)C2c2cccc(Oc3ccccc3)c2)cc1F. The number of aliphatic hydroxyl groups is 1. The van der Waals surface area contributed by atoms with Crippen LogP contribution in [0, 0.1) is 12.7 Å². The number of para-hydroxylation sites is 1. The summed E-state index contributed by atoms with van der Waals surface area (Å²) in [5, 5.41) is 22.6. The minimum Gasteiger partial charge on any atom is -0.507 e. The second-order valence-electron chi connectivity index (χ2n) is 10.9. The van der Waals surface area contributed by atoms with Gasteiger partial charge in [-0.05, 0) is 64.7 Å². The van der Waals surface area contributed by atoms with Gasteiger partial charge < -0.3 is 9.84 Å². The van der Waals surface area contributed by atoms with E-state index in [9.17, 15) is 19.1 Å². The van der Waals surface area contributed by atoms with E-state index in [1.165, 1.54) is 40.1 Å². The molecule has 7 nitrogen and oxygen atoms in total. The van der Waals surface area contributed by atoms with Crippen LogP contribution in [0.2, 0.25) is 0 Å². The third-order valence-electron chi connectivity index (χ3n) is 7.88. The van der Waals surface area contributed by atoms with Gasteiger partial charge in [-0.25, -0.2) is 4.39 Å². The Morgan fingerprint density at radius 3 is 2.47 bits per heavy atom. The monoisotopic (exact) mass is 659 g/mol. The molecule has 0 radical (unpaired) electrons. The third kappa shape index (κ3) is 6.00. The summed E-state index contributed by atoms with van der Waals surface area (Å²) in [4.78, 5) is 28.6. The number of nitrogens with zero attached hydrogens (tertiary/aromatic N) is 3. The average Bonchev–Trinajstić information content (AvgIpc) is 3.66. The smallest absolute Gasteiger partial charge is 0.301 e. The third-order valence-corrected chi connectivity index (χ3v) is 9.98. The van der Waals surface area contributed by atoms with E-state index in [2.05, 4.69) is 34.5 Å². The summed E-state index contributed by atoms with van der Waals surface area (Å²) in [6.45, 7) is 1.60. The predicted molar refractivity (Wildman–Crippen MR) is 182 cm³/mol. The summed E-state index contributed by atoms with van der Waals surface area (Å²) < 4.78 is 21.2. The van der Waals surface area contributed by atoms with E-state index < -0.39 is 29.3 Å². The van der Waals surface area contributed by atoms with Gasteiger partial charge in [0, 0.05) is 11.3 Å². The van der Waals surface area contributed by atoms with Crippen LogP contribution < -0.4 is 9.64 Å². The largest absolute Gasteiger partial charge is 0.507 e. The number of thioether (sulfide) groups is 1. The Morgan fingerprint density at radius 1 is 0.894 bits per heavy atom. The standard InChI is InChI=1S/C37H26FN3O4S2/c1-22-17-18-25(20-30(22)38)33(42)31-32(24-11-8-15-28(19-24)45-27-13-3-2-4-14-27)41(35(44)34(31)43)36-39-40-37(47-36)46-21-26-12-7-10-23-9-5-6-16-29(23)26/h2-20,32,42H,21H2,1H3/b33-31-. The van der Waals surface area contributed by atoms with Crippen molar-refractivity contribution in [2.75, 3.05) is 4.90 Å². The fourth-order valence-corrected chi connectivity index (χ4v) is 7.40. The van der Waals surface area contributed by atoms with E-state index in [-0.39, 0.29) is 16.3 Å². The normalized spacial score (nSPS) is 15.8. The highest BCUT2D eigenvalue weighted by atomic mass is 32.2. The maximum absolute atomic E-state index is 14.6. The van der Waals surface area contributed by atoms with Crippen molar-refractivity contribution in [2.45, 2.75) is 23.1 Å². The number of ether oxygens (including phenoxy) is 1. The molecule has 1 fully saturated rings. The fourth-order valence-electron chi connectivity index (χ4n) is 5.53. The summed E-state index contributed by atoms with van der Waals surface area (Å²) in [5.41, 5.74) is 1.90. The second kappa shape index (κ2) is 12.8. The zero-order valence-electron chi connectivity index (χ0n) is 25.0. The molecular formula is C37H26FN3O4S2. The summed E-state index contributed by atoms with van der Waals surface area (Å²) >= 11 is 2.65. The number of aliphatic hydroxyl groups excluding tert-OH is 1. The Kier molecular flexibility index (Phi) is 8.28. The molecule has 2 heterocycles. The lowest BCUT2D eigenvalue weighted by Crippen LogP contribution is -2.29.